The fourth-order valence-corrected chi connectivity index (χ4v) is 1.80. The number of carbonyl (C=O) groups is 1. The van der Waals surface area contributed by atoms with E-state index in [1.165, 1.54) is 13.2 Å². The van der Waals surface area contributed by atoms with Gasteiger partial charge in [-0.1, -0.05) is 6.07 Å². The van der Waals surface area contributed by atoms with Gasteiger partial charge in [0.25, 0.3) is 0 Å². The summed E-state index contributed by atoms with van der Waals surface area (Å²) in [6.45, 7) is 2.45. The lowest BCUT2D eigenvalue weighted by Gasteiger charge is -2.17. The van der Waals surface area contributed by atoms with Crippen LogP contribution in [0.25, 0.3) is 0 Å². The Kier molecular flexibility index (Phi) is 5.58. The molecule has 4 nitrogen and oxygen atoms in total. The van der Waals surface area contributed by atoms with E-state index in [1.807, 2.05) is 6.92 Å². The maximum Gasteiger partial charge on any atom is 0.217 e. The molecule has 100 valence electrons. The molecule has 1 aromatic carbocycles. The lowest BCUT2D eigenvalue weighted by molar-refractivity contribution is -0.118. The summed E-state index contributed by atoms with van der Waals surface area (Å²) < 4.78 is 18.9. The number of rotatable bonds is 7. The molecule has 0 bridgehead atoms. The van der Waals surface area contributed by atoms with Crippen molar-refractivity contribution in [1.29, 1.82) is 0 Å². The van der Waals surface area contributed by atoms with E-state index in [0.717, 1.165) is 0 Å². The molecule has 1 aromatic rings. The van der Waals surface area contributed by atoms with Crippen LogP contribution < -0.4 is 15.8 Å². The standard InChI is InChI=1S/C13H19FN2O2/c1-9(16-8-4-7-12(15)17)13-10(14)5-3-6-11(13)18-2/h3,5-6,9,16H,4,7-8H2,1-2H3,(H2,15,17). The highest BCUT2D eigenvalue weighted by atomic mass is 19.1. The summed E-state index contributed by atoms with van der Waals surface area (Å²) in [4.78, 5) is 10.6. The normalized spacial score (nSPS) is 12.2. The van der Waals surface area contributed by atoms with Gasteiger partial charge in [-0.05, 0) is 32.0 Å². The second-order valence-corrected chi connectivity index (χ2v) is 4.10. The molecule has 0 aromatic heterocycles. The molecular formula is C13H19FN2O2. The molecule has 1 amide bonds. The first kappa shape index (κ1) is 14.4. The predicted octanol–water partition coefficient (Wildman–Crippen LogP) is 1.75. The number of nitrogens with one attached hydrogen (secondary N) is 1. The minimum atomic E-state index is -0.326. The van der Waals surface area contributed by atoms with Crippen molar-refractivity contribution < 1.29 is 13.9 Å². The quantitative estimate of drug-likeness (QED) is 0.729. The fourth-order valence-electron chi connectivity index (χ4n) is 1.80. The molecule has 0 saturated carbocycles. The molecule has 0 aliphatic heterocycles. The molecule has 1 atom stereocenters. The van der Waals surface area contributed by atoms with E-state index in [4.69, 9.17) is 10.5 Å². The SMILES string of the molecule is COc1cccc(F)c1C(C)NCCCC(N)=O. The van der Waals surface area contributed by atoms with Crippen molar-refractivity contribution in [2.75, 3.05) is 13.7 Å². The number of nitrogens with two attached hydrogens (primary N) is 1. The first-order valence-electron chi connectivity index (χ1n) is 5.90. The van der Waals surface area contributed by atoms with Crippen LogP contribution in [0.3, 0.4) is 0 Å². The number of amides is 1. The van der Waals surface area contributed by atoms with E-state index in [1.54, 1.807) is 12.1 Å². The molecule has 1 rings (SSSR count). The van der Waals surface area contributed by atoms with Crippen molar-refractivity contribution in [3.8, 4) is 5.75 Å². The van der Waals surface area contributed by atoms with E-state index in [-0.39, 0.29) is 17.8 Å². The second kappa shape index (κ2) is 6.96. The number of primary amides is 1. The van der Waals surface area contributed by atoms with Gasteiger partial charge in [0.15, 0.2) is 0 Å². The van der Waals surface area contributed by atoms with Gasteiger partial charge in [-0.3, -0.25) is 4.79 Å². The van der Waals surface area contributed by atoms with Crippen LogP contribution in [-0.2, 0) is 4.79 Å². The summed E-state index contributed by atoms with van der Waals surface area (Å²) in [5.41, 5.74) is 5.54. The number of halogens is 1. The van der Waals surface area contributed by atoms with Gasteiger partial charge in [-0.2, -0.15) is 0 Å². The van der Waals surface area contributed by atoms with Gasteiger partial charge in [0.05, 0.1) is 7.11 Å². The van der Waals surface area contributed by atoms with Crippen LogP contribution >= 0.6 is 0 Å². The highest BCUT2D eigenvalue weighted by Crippen LogP contribution is 2.27. The summed E-state index contributed by atoms with van der Waals surface area (Å²) in [7, 11) is 1.51. The van der Waals surface area contributed by atoms with E-state index in [2.05, 4.69) is 5.32 Å². The fraction of sp³-hybridized carbons (Fsp3) is 0.462. The van der Waals surface area contributed by atoms with Gasteiger partial charge in [0.1, 0.15) is 11.6 Å². The van der Waals surface area contributed by atoms with E-state index < -0.39 is 0 Å². The van der Waals surface area contributed by atoms with Gasteiger partial charge in [0, 0.05) is 18.0 Å². The molecule has 18 heavy (non-hydrogen) atoms. The summed E-state index contributed by atoms with van der Waals surface area (Å²) >= 11 is 0. The third-order valence-electron chi connectivity index (χ3n) is 2.72. The molecule has 0 aliphatic rings. The van der Waals surface area contributed by atoms with Crippen molar-refractivity contribution in [3.63, 3.8) is 0 Å². The average molecular weight is 254 g/mol. The van der Waals surface area contributed by atoms with Crippen LogP contribution in [0.4, 0.5) is 4.39 Å². The first-order valence-corrected chi connectivity index (χ1v) is 5.90. The summed E-state index contributed by atoms with van der Waals surface area (Å²) in [5.74, 6) is -0.109. The third kappa shape index (κ3) is 4.00. The number of methoxy groups -OCH3 is 1. The molecule has 5 heteroatoms. The van der Waals surface area contributed by atoms with E-state index in [9.17, 15) is 9.18 Å². The van der Waals surface area contributed by atoms with Crippen molar-refractivity contribution in [3.05, 3.63) is 29.6 Å². The molecular weight excluding hydrogens is 235 g/mol. The Morgan fingerprint density at radius 2 is 2.28 bits per heavy atom. The molecule has 0 spiro atoms. The Bertz CT molecular complexity index is 410. The van der Waals surface area contributed by atoms with Crippen molar-refractivity contribution in [1.82, 2.24) is 5.32 Å². The topological polar surface area (TPSA) is 64.3 Å². The first-order chi connectivity index (χ1) is 8.56. The largest absolute Gasteiger partial charge is 0.496 e. The number of hydrogen-bond donors (Lipinski definition) is 2. The van der Waals surface area contributed by atoms with Crippen LogP contribution in [-0.4, -0.2) is 19.6 Å². The van der Waals surface area contributed by atoms with Crippen LogP contribution in [0.5, 0.6) is 5.75 Å². The molecule has 1 unspecified atom stereocenters. The van der Waals surface area contributed by atoms with E-state index in [0.29, 0.717) is 30.7 Å². The van der Waals surface area contributed by atoms with Crippen molar-refractivity contribution in [2.45, 2.75) is 25.8 Å². The van der Waals surface area contributed by atoms with Gasteiger partial charge in [0.2, 0.25) is 5.91 Å². The monoisotopic (exact) mass is 254 g/mol. The van der Waals surface area contributed by atoms with Gasteiger partial charge in [-0.25, -0.2) is 4.39 Å². The lowest BCUT2D eigenvalue weighted by atomic mass is 10.1. The van der Waals surface area contributed by atoms with Crippen molar-refractivity contribution in [2.24, 2.45) is 5.73 Å². The maximum atomic E-state index is 13.7. The Morgan fingerprint density at radius 3 is 2.89 bits per heavy atom. The second-order valence-electron chi connectivity index (χ2n) is 4.10. The smallest absolute Gasteiger partial charge is 0.217 e. The Hall–Kier alpha value is -1.62. The average Bonchev–Trinajstić information content (AvgIpc) is 2.33. The van der Waals surface area contributed by atoms with Gasteiger partial charge in [-0.15, -0.1) is 0 Å². The minimum Gasteiger partial charge on any atom is -0.496 e. The molecule has 0 radical (unpaired) electrons. The number of benzene rings is 1. The number of ether oxygens (including phenoxy) is 1. The minimum absolute atomic E-state index is 0.186. The van der Waals surface area contributed by atoms with Gasteiger partial charge >= 0.3 is 0 Å². The lowest BCUT2D eigenvalue weighted by Crippen LogP contribution is -2.23. The van der Waals surface area contributed by atoms with Crippen LogP contribution in [0, 0.1) is 5.82 Å². The summed E-state index contributed by atoms with van der Waals surface area (Å²) in [6, 6.07) is 4.55. The number of carbonyl (C=O) groups excluding carboxylic acids is 1. The Morgan fingerprint density at radius 1 is 1.56 bits per heavy atom. The predicted molar refractivity (Wildman–Crippen MR) is 67.8 cm³/mol. The molecule has 3 N–H and O–H groups in total. The highest BCUT2D eigenvalue weighted by Gasteiger charge is 2.15. The Balaban J connectivity index is 2.60. The maximum absolute atomic E-state index is 13.7. The van der Waals surface area contributed by atoms with Crippen molar-refractivity contribution >= 4 is 5.91 Å². The van der Waals surface area contributed by atoms with Crippen LogP contribution in [0.2, 0.25) is 0 Å². The zero-order valence-corrected chi connectivity index (χ0v) is 10.7. The zero-order chi connectivity index (χ0) is 13.5. The van der Waals surface area contributed by atoms with Crippen LogP contribution in [0.1, 0.15) is 31.4 Å². The molecule has 0 heterocycles. The number of hydrogen-bond acceptors (Lipinski definition) is 3. The summed E-state index contributed by atoms with van der Waals surface area (Å²) in [5, 5.41) is 3.14. The zero-order valence-electron chi connectivity index (χ0n) is 10.7. The van der Waals surface area contributed by atoms with Gasteiger partial charge < -0.3 is 15.8 Å². The van der Waals surface area contributed by atoms with E-state index >= 15 is 0 Å². The molecule has 0 aliphatic carbocycles. The Labute approximate surface area is 106 Å². The summed E-state index contributed by atoms with van der Waals surface area (Å²) in [6.07, 6.45) is 0.963. The van der Waals surface area contributed by atoms with Crippen LogP contribution in [0.15, 0.2) is 18.2 Å². The molecule has 0 fully saturated rings. The molecule has 0 saturated heterocycles. The highest BCUT2D eigenvalue weighted by molar-refractivity contribution is 5.73. The third-order valence-corrected chi connectivity index (χ3v) is 2.72.